The van der Waals surface area contributed by atoms with Gasteiger partial charge in [-0.05, 0) is 6.42 Å². The molecule has 14 heavy (non-hydrogen) atoms. The van der Waals surface area contributed by atoms with E-state index in [2.05, 4.69) is 14.6 Å². The summed E-state index contributed by atoms with van der Waals surface area (Å²) in [5.41, 5.74) is 0. The summed E-state index contributed by atoms with van der Waals surface area (Å²) in [6.45, 7) is 0.388. The van der Waals surface area contributed by atoms with Crippen LogP contribution in [0.15, 0.2) is 0 Å². The quantitative estimate of drug-likeness (QED) is 0.198. The summed E-state index contributed by atoms with van der Waals surface area (Å²) in [6, 6.07) is 0.663. The molecule has 1 atom stereocenters. The predicted octanol–water partition coefficient (Wildman–Crippen LogP) is 0.924. The summed E-state index contributed by atoms with van der Waals surface area (Å²) in [5.74, 6) is 0. The topological polar surface area (TPSA) is 55.4 Å². The lowest BCUT2D eigenvalue weighted by Crippen LogP contribution is -2.42. The van der Waals surface area contributed by atoms with E-state index in [0.717, 1.165) is 0 Å². The fourth-order valence-electron chi connectivity index (χ4n) is 0.966. The number of hydrogen-bond donors (Lipinski definition) is 0. The highest BCUT2D eigenvalue weighted by Gasteiger charge is 2.36. The molecule has 1 unspecified atom stereocenters. The van der Waals surface area contributed by atoms with E-state index in [1.807, 2.05) is 9.47 Å². The van der Waals surface area contributed by atoms with Crippen molar-refractivity contribution >= 4 is 18.3 Å². The molecule has 86 valence electrons. The van der Waals surface area contributed by atoms with Crippen LogP contribution in [0.5, 0.6) is 0 Å². The van der Waals surface area contributed by atoms with Gasteiger partial charge in [-0.3, -0.25) is 0 Å². The zero-order valence-electron chi connectivity index (χ0n) is 8.65. The first-order valence-corrected chi connectivity index (χ1v) is 6.45. The fourth-order valence-corrected chi connectivity index (χ4v) is 2.71. The Balaban J connectivity index is 3.61. The van der Waals surface area contributed by atoms with E-state index in [4.69, 9.17) is 13.3 Å². The Morgan fingerprint density at radius 1 is 1.07 bits per heavy atom. The van der Waals surface area contributed by atoms with Gasteiger partial charge in [-0.1, -0.05) is 5.04 Å². The Kier molecular flexibility index (Phi) is 8.95. The molecular formula is C6H17O6PSi. The minimum absolute atomic E-state index is 0.388. The van der Waals surface area contributed by atoms with Crippen LogP contribution in [0.25, 0.3) is 0 Å². The molecule has 0 radical (unpaired) electrons. The van der Waals surface area contributed by atoms with Crippen LogP contribution in [-0.2, 0) is 27.9 Å². The molecule has 0 bridgehead atoms. The van der Waals surface area contributed by atoms with Crippen molar-refractivity contribution < 1.29 is 27.9 Å². The molecule has 0 aromatic heterocycles. The van der Waals surface area contributed by atoms with Crippen molar-refractivity contribution in [3.63, 3.8) is 0 Å². The Bertz CT molecular complexity index is 125. The molecule has 0 aliphatic heterocycles. The van der Waals surface area contributed by atoms with Crippen LogP contribution in [0.4, 0.5) is 0 Å². The lowest BCUT2D eigenvalue weighted by Gasteiger charge is -2.23. The van der Waals surface area contributed by atoms with Gasteiger partial charge in [-0.25, -0.2) is 4.89 Å². The van der Waals surface area contributed by atoms with Crippen molar-refractivity contribution in [2.24, 2.45) is 0 Å². The summed E-state index contributed by atoms with van der Waals surface area (Å²) in [6.07, 6.45) is 0.704. The van der Waals surface area contributed by atoms with Crippen LogP contribution < -0.4 is 0 Å². The van der Waals surface area contributed by atoms with Crippen LogP contribution in [0.2, 0.25) is 6.04 Å². The van der Waals surface area contributed by atoms with Gasteiger partial charge in [0, 0.05) is 36.8 Å². The smallest absolute Gasteiger partial charge is 0.377 e. The highest BCUT2D eigenvalue weighted by Crippen LogP contribution is 2.14. The molecule has 8 heteroatoms. The molecule has 0 amide bonds. The summed E-state index contributed by atoms with van der Waals surface area (Å²) in [7, 11) is 4.16. The van der Waals surface area contributed by atoms with Gasteiger partial charge >= 0.3 is 8.80 Å². The molecule has 6 nitrogen and oxygen atoms in total. The predicted molar refractivity (Wildman–Crippen MR) is 54.0 cm³/mol. The van der Waals surface area contributed by atoms with Crippen molar-refractivity contribution in [2.45, 2.75) is 12.5 Å². The Hall–Kier alpha value is 0.407. The first-order valence-electron chi connectivity index (χ1n) is 4.05. The van der Waals surface area contributed by atoms with Crippen LogP contribution in [0.1, 0.15) is 6.42 Å². The summed E-state index contributed by atoms with van der Waals surface area (Å²) < 4.78 is 19.8. The fraction of sp³-hybridized carbons (Fsp3) is 1.00. The van der Waals surface area contributed by atoms with Crippen molar-refractivity contribution in [3.8, 4) is 0 Å². The van der Waals surface area contributed by atoms with Gasteiger partial charge in [-0.15, -0.1) is 0 Å². The summed E-state index contributed by atoms with van der Waals surface area (Å²) >= 11 is 0. The Morgan fingerprint density at radius 3 is 2.07 bits per heavy atom. The second-order valence-electron chi connectivity index (χ2n) is 2.39. The van der Waals surface area contributed by atoms with Crippen molar-refractivity contribution in [2.75, 3.05) is 27.9 Å². The van der Waals surface area contributed by atoms with Gasteiger partial charge in [0.25, 0.3) is 0 Å². The van der Waals surface area contributed by atoms with Gasteiger partial charge in [0.05, 0.1) is 6.61 Å². The normalized spacial score (nSPS) is 12.0. The molecule has 0 N–H and O–H groups in total. The van der Waals surface area contributed by atoms with E-state index in [1.165, 1.54) is 0 Å². The molecule has 0 heterocycles. The molecule has 0 aliphatic rings. The molecule has 0 fully saturated rings. The third kappa shape index (κ3) is 5.33. The van der Waals surface area contributed by atoms with Gasteiger partial charge < -0.3 is 13.3 Å². The molecule has 0 aliphatic carbocycles. The Labute approximate surface area is 87.3 Å². The minimum Gasteiger partial charge on any atom is -0.377 e. The molecule has 0 saturated carbocycles. The zero-order valence-corrected chi connectivity index (χ0v) is 10.8. The van der Waals surface area contributed by atoms with Gasteiger partial charge in [-0.2, -0.15) is 4.67 Å². The van der Waals surface area contributed by atoms with E-state index in [1.54, 1.807) is 21.3 Å². The average Bonchev–Trinajstić information content (AvgIpc) is 2.24. The van der Waals surface area contributed by atoms with Crippen LogP contribution in [0.3, 0.4) is 0 Å². The van der Waals surface area contributed by atoms with Crippen molar-refractivity contribution in [1.82, 2.24) is 0 Å². The van der Waals surface area contributed by atoms with Gasteiger partial charge in [0.1, 0.15) is 0 Å². The van der Waals surface area contributed by atoms with E-state index in [9.17, 15) is 0 Å². The highest BCUT2D eigenvalue weighted by atomic mass is 31.0. The SMILES string of the molecule is CO[Si](CCCOOOP)(OC)OC. The average molecular weight is 244 g/mol. The lowest BCUT2D eigenvalue weighted by molar-refractivity contribution is -0.461. The third-order valence-electron chi connectivity index (χ3n) is 1.73. The molecule has 0 aromatic rings. The maximum absolute atomic E-state index is 5.21. The largest absolute Gasteiger partial charge is 0.500 e. The van der Waals surface area contributed by atoms with Crippen LogP contribution in [-0.4, -0.2) is 36.7 Å². The summed E-state index contributed by atoms with van der Waals surface area (Å²) in [5, 5.41) is 4.21. The highest BCUT2D eigenvalue weighted by molar-refractivity contribution is 7.09. The Morgan fingerprint density at radius 2 is 1.64 bits per heavy atom. The second kappa shape index (κ2) is 8.69. The van der Waals surface area contributed by atoms with Gasteiger partial charge in [0.15, 0.2) is 0 Å². The maximum atomic E-state index is 5.21. The molecular weight excluding hydrogens is 227 g/mol. The summed E-state index contributed by atoms with van der Waals surface area (Å²) in [4.78, 5) is 4.62. The third-order valence-corrected chi connectivity index (χ3v) is 4.64. The van der Waals surface area contributed by atoms with E-state index in [-0.39, 0.29) is 0 Å². The standard InChI is InChI=1S/C6H17O6PSi/c1-7-14(8-2,9-3)6-4-5-10-11-12-13/h4-6,13H2,1-3H3. The first-order chi connectivity index (χ1) is 6.74. The van der Waals surface area contributed by atoms with Crippen LogP contribution in [0, 0.1) is 0 Å². The molecule has 0 rings (SSSR count). The van der Waals surface area contributed by atoms with E-state index in [0.29, 0.717) is 19.1 Å². The second-order valence-corrected chi connectivity index (χ2v) is 5.67. The first kappa shape index (κ1) is 14.4. The van der Waals surface area contributed by atoms with Gasteiger partial charge in [0.2, 0.25) is 0 Å². The van der Waals surface area contributed by atoms with E-state index < -0.39 is 8.80 Å². The zero-order chi connectivity index (χ0) is 10.9. The monoisotopic (exact) mass is 244 g/mol. The number of rotatable bonds is 9. The molecule has 0 saturated heterocycles. The van der Waals surface area contributed by atoms with E-state index >= 15 is 0 Å². The number of hydrogen-bond acceptors (Lipinski definition) is 6. The lowest BCUT2D eigenvalue weighted by atomic mass is 10.5. The molecule has 0 spiro atoms. The van der Waals surface area contributed by atoms with Crippen molar-refractivity contribution in [1.29, 1.82) is 0 Å². The van der Waals surface area contributed by atoms with Crippen LogP contribution >= 0.6 is 9.47 Å². The van der Waals surface area contributed by atoms with Crippen molar-refractivity contribution in [3.05, 3.63) is 0 Å². The minimum atomic E-state index is -2.46. The molecule has 0 aromatic carbocycles. The maximum Gasteiger partial charge on any atom is 0.500 e.